The van der Waals surface area contributed by atoms with Crippen LogP contribution >= 0.6 is 11.6 Å². The molecule has 1 atom stereocenters. The predicted octanol–water partition coefficient (Wildman–Crippen LogP) is 4.00. The van der Waals surface area contributed by atoms with Crippen molar-refractivity contribution in [3.8, 4) is 0 Å². The summed E-state index contributed by atoms with van der Waals surface area (Å²) < 4.78 is 0. The van der Waals surface area contributed by atoms with Crippen LogP contribution in [0.2, 0.25) is 0 Å². The van der Waals surface area contributed by atoms with E-state index < -0.39 is 0 Å². The van der Waals surface area contributed by atoms with E-state index in [0.717, 1.165) is 23.0 Å². The Morgan fingerprint density at radius 2 is 1.76 bits per heavy atom. The van der Waals surface area contributed by atoms with Crippen molar-refractivity contribution in [3.63, 3.8) is 0 Å². The second-order valence-electron chi connectivity index (χ2n) is 5.47. The van der Waals surface area contributed by atoms with Crippen molar-refractivity contribution in [3.05, 3.63) is 69.1 Å². The van der Waals surface area contributed by atoms with Crippen LogP contribution in [-0.4, -0.2) is 9.97 Å². The molecule has 3 nitrogen and oxygen atoms in total. The predicted molar refractivity (Wildman–Crippen MR) is 87.1 cm³/mol. The Morgan fingerprint density at radius 3 is 2.52 bits per heavy atom. The number of hydrogen-bond acceptors (Lipinski definition) is 1. The smallest absolute Gasteiger partial charge is 0.306 e. The van der Waals surface area contributed by atoms with E-state index in [4.69, 9.17) is 11.6 Å². The van der Waals surface area contributed by atoms with Crippen molar-refractivity contribution < 1.29 is 0 Å². The third-order valence-corrected chi connectivity index (χ3v) is 4.29. The summed E-state index contributed by atoms with van der Waals surface area (Å²) in [5.41, 5.74) is 6.21. The Balaban J connectivity index is 1.87. The first-order valence-electron chi connectivity index (χ1n) is 6.95. The summed E-state index contributed by atoms with van der Waals surface area (Å²) in [5, 5.41) is -0.116. The van der Waals surface area contributed by atoms with Crippen LogP contribution in [0.4, 0.5) is 0 Å². The molecular weight excluding hydrogens is 284 g/mol. The van der Waals surface area contributed by atoms with E-state index in [1.165, 1.54) is 16.7 Å². The minimum absolute atomic E-state index is 0.116. The Labute approximate surface area is 128 Å². The molecule has 4 heteroatoms. The second-order valence-corrected chi connectivity index (χ2v) is 6.00. The van der Waals surface area contributed by atoms with Crippen LogP contribution in [0.3, 0.4) is 0 Å². The number of aromatic nitrogens is 2. The lowest BCUT2D eigenvalue weighted by molar-refractivity contribution is 0.918. The maximum Gasteiger partial charge on any atom is 0.323 e. The molecule has 0 spiro atoms. The first-order valence-corrected chi connectivity index (χ1v) is 7.39. The molecule has 0 radical (unpaired) electrons. The number of halogens is 1. The number of imidazole rings is 1. The molecule has 0 aliphatic rings. The van der Waals surface area contributed by atoms with Crippen LogP contribution in [0.5, 0.6) is 0 Å². The molecule has 0 saturated carbocycles. The van der Waals surface area contributed by atoms with Gasteiger partial charge in [0.25, 0.3) is 0 Å². The Morgan fingerprint density at radius 1 is 1.00 bits per heavy atom. The number of aryl methyl sites for hydroxylation is 2. The SMILES string of the molecule is Cc1ccc(CC(Cl)c2ccc3[nH]c(=O)[nH]c3c2)cc1C. The molecule has 0 amide bonds. The molecule has 2 aromatic carbocycles. The number of H-pyrrole nitrogens is 2. The van der Waals surface area contributed by atoms with E-state index in [0.29, 0.717) is 0 Å². The number of nitrogens with one attached hydrogen (secondary N) is 2. The first-order chi connectivity index (χ1) is 10.0. The summed E-state index contributed by atoms with van der Waals surface area (Å²) in [6, 6.07) is 12.2. The van der Waals surface area contributed by atoms with Crippen LogP contribution in [-0.2, 0) is 6.42 Å². The van der Waals surface area contributed by atoms with Gasteiger partial charge < -0.3 is 9.97 Å². The number of alkyl halides is 1. The lowest BCUT2D eigenvalue weighted by atomic mass is 10.00. The summed E-state index contributed by atoms with van der Waals surface area (Å²) in [4.78, 5) is 16.8. The summed E-state index contributed by atoms with van der Waals surface area (Å²) in [5.74, 6) is 0. The Hall–Kier alpha value is -2.00. The fraction of sp³-hybridized carbons (Fsp3) is 0.235. The number of benzene rings is 2. The molecule has 3 aromatic rings. The van der Waals surface area contributed by atoms with Crippen molar-refractivity contribution in [2.45, 2.75) is 25.6 Å². The van der Waals surface area contributed by atoms with Gasteiger partial charge >= 0.3 is 5.69 Å². The number of aromatic amines is 2. The van der Waals surface area contributed by atoms with E-state index in [1.807, 2.05) is 18.2 Å². The van der Waals surface area contributed by atoms with E-state index in [-0.39, 0.29) is 11.1 Å². The minimum Gasteiger partial charge on any atom is -0.306 e. The lowest BCUT2D eigenvalue weighted by Gasteiger charge is -2.11. The number of rotatable bonds is 3. The van der Waals surface area contributed by atoms with Gasteiger partial charge in [-0.1, -0.05) is 24.3 Å². The maximum atomic E-state index is 11.3. The van der Waals surface area contributed by atoms with Gasteiger partial charge in [0.1, 0.15) is 0 Å². The molecule has 0 aliphatic heterocycles. The Kier molecular flexibility index (Phi) is 3.60. The monoisotopic (exact) mass is 300 g/mol. The molecule has 108 valence electrons. The van der Waals surface area contributed by atoms with Gasteiger partial charge in [-0.05, 0) is 54.7 Å². The molecule has 1 heterocycles. The summed E-state index contributed by atoms with van der Waals surface area (Å²) in [7, 11) is 0. The Bertz CT molecular complexity index is 847. The van der Waals surface area contributed by atoms with Crippen LogP contribution in [0, 0.1) is 13.8 Å². The molecule has 0 fully saturated rings. The second kappa shape index (κ2) is 5.41. The third kappa shape index (κ3) is 2.88. The van der Waals surface area contributed by atoms with Crippen molar-refractivity contribution >= 4 is 22.6 Å². The van der Waals surface area contributed by atoms with Gasteiger partial charge in [0, 0.05) is 0 Å². The highest BCUT2D eigenvalue weighted by Crippen LogP contribution is 2.27. The van der Waals surface area contributed by atoms with E-state index in [9.17, 15) is 4.79 Å². The van der Waals surface area contributed by atoms with Gasteiger partial charge in [0.05, 0.1) is 16.4 Å². The molecule has 21 heavy (non-hydrogen) atoms. The highest BCUT2D eigenvalue weighted by atomic mass is 35.5. The average molecular weight is 301 g/mol. The standard InChI is InChI=1S/C17H17ClN2O/c1-10-3-4-12(7-11(10)2)8-14(18)13-5-6-15-16(9-13)20-17(21)19-15/h3-7,9,14H,8H2,1-2H3,(H2,19,20,21). The average Bonchev–Trinajstić information content (AvgIpc) is 2.82. The van der Waals surface area contributed by atoms with Gasteiger partial charge in [0.2, 0.25) is 0 Å². The molecule has 1 aromatic heterocycles. The summed E-state index contributed by atoms with van der Waals surface area (Å²) in [6.45, 7) is 4.21. The fourth-order valence-corrected chi connectivity index (χ4v) is 2.81. The molecule has 0 saturated heterocycles. The molecule has 0 aliphatic carbocycles. The fourth-order valence-electron chi connectivity index (χ4n) is 2.50. The zero-order valence-electron chi connectivity index (χ0n) is 12.0. The number of hydrogen-bond donors (Lipinski definition) is 2. The van der Waals surface area contributed by atoms with Crippen LogP contribution < -0.4 is 5.69 Å². The lowest BCUT2D eigenvalue weighted by Crippen LogP contribution is -1.99. The molecular formula is C17H17ClN2O. The molecule has 3 rings (SSSR count). The zero-order valence-corrected chi connectivity index (χ0v) is 12.8. The summed E-state index contributed by atoms with van der Waals surface area (Å²) in [6.07, 6.45) is 0.767. The summed E-state index contributed by atoms with van der Waals surface area (Å²) >= 11 is 6.54. The third-order valence-electron chi connectivity index (χ3n) is 3.89. The molecule has 2 N–H and O–H groups in total. The molecule has 0 bridgehead atoms. The van der Waals surface area contributed by atoms with Crippen molar-refractivity contribution in [2.75, 3.05) is 0 Å². The van der Waals surface area contributed by atoms with Gasteiger partial charge in [-0.15, -0.1) is 11.6 Å². The quantitative estimate of drug-likeness (QED) is 0.706. The first kappa shape index (κ1) is 14.0. The van der Waals surface area contributed by atoms with E-state index in [1.54, 1.807) is 0 Å². The van der Waals surface area contributed by atoms with Crippen molar-refractivity contribution in [2.24, 2.45) is 0 Å². The minimum atomic E-state index is -0.192. The highest BCUT2D eigenvalue weighted by molar-refractivity contribution is 6.21. The van der Waals surface area contributed by atoms with Gasteiger partial charge in [0.15, 0.2) is 0 Å². The van der Waals surface area contributed by atoms with Crippen molar-refractivity contribution in [1.82, 2.24) is 9.97 Å². The van der Waals surface area contributed by atoms with E-state index >= 15 is 0 Å². The normalized spacial score (nSPS) is 12.7. The highest BCUT2D eigenvalue weighted by Gasteiger charge is 2.11. The molecule has 1 unspecified atom stereocenters. The van der Waals surface area contributed by atoms with Crippen molar-refractivity contribution in [1.29, 1.82) is 0 Å². The van der Waals surface area contributed by atoms with Crippen LogP contribution in [0.25, 0.3) is 11.0 Å². The topological polar surface area (TPSA) is 48.6 Å². The van der Waals surface area contributed by atoms with Gasteiger partial charge in [-0.2, -0.15) is 0 Å². The van der Waals surface area contributed by atoms with Gasteiger partial charge in [-0.3, -0.25) is 0 Å². The zero-order chi connectivity index (χ0) is 15.0. The number of fused-ring (bicyclic) bond motifs is 1. The van der Waals surface area contributed by atoms with Crippen LogP contribution in [0.1, 0.15) is 27.6 Å². The maximum absolute atomic E-state index is 11.3. The van der Waals surface area contributed by atoms with E-state index in [2.05, 4.69) is 42.0 Å². The van der Waals surface area contributed by atoms with Gasteiger partial charge in [-0.25, -0.2) is 4.79 Å². The largest absolute Gasteiger partial charge is 0.323 e. The van der Waals surface area contributed by atoms with Crippen LogP contribution in [0.15, 0.2) is 41.2 Å².